The van der Waals surface area contributed by atoms with Gasteiger partial charge in [0.1, 0.15) is 16.3 Å². The molecule has 0 aliphatic rings. The molecular formula is C24H17NO3S. The Balaban J connectivity index is 1.86. The van der Waals surface area contributed by atoms with E-state index in [1.807, 2.05) is 66.7 Å². The lowest BCUT2D eigenvalue weighted by Crippen LogP contribution is -2.06. The maximum atomic E-state index is 12.8. The molecule has 0 aliphatic carbocycles. The monoisotopic (exact) mass is 399 g/mol. The third-order valence-corrected chi connectivity index (χ3v) is 6.13. The Labute approximate surface area is 171 Å². The van der Waals surface area contributed by atoms with E-state index in [0.717, 1.165) is 37.3 Å². The summed E-state index contributed by atoms with van der Waals surface area (Å²) in [6, 6.07) is 21.6. The number of hydrogen-bond acceptors (Lipinski definition) is 5. The smallest absolute Gasteiger partial charge is 0.339 e. The summed E-state index contributed by atoms with van der Waals surface area (Å²) in [6.45, 7) is 1.79. The minimum absolute atomic E-state index is 0.355. The lowest BCUT2D eigenvalue weighted by atomic mass is 9.96. The summed E-state index contributed by atoms with van der Waals surface area (Å²) < 4.78 is 12.4. The van der Waals surface area contributed by atoms with Gasteiger partial charge in [-0.2, -0.15) is 0 Å². The second kappa shape index (κ2) is 6.87. The molecule has 5 rings (SSSR count). The van der Waals surface area contributed by atoms with Crippen molar-refractivity contribution in [1.29, 1.82) is 0 Å². The van der Waals surface area contributed by atoms with Crippen LogP contribution in [0.1, 0.15) is 5.56 Å². The molecule has 142 valence electrons. The lowest BCUT2D eigenvalue weighted by Gasteiger charge is -2.14. The highest BCUT2D eigenvalue weighted by Crippen LogP contribution is 2.40. The Hall–Kier alpha value is -3.44. The molecule has 4 nitrogen and oxygen atoms in total. The van der Waals surface area contributed by atoms with Gasteiger partial charge in [0, 0.05) is 22.1 Å². The van der Waals surface area contributed by atoms with E-state index in [2.05, 4.69) is 0 Å². The molecule has 5 aromatic rings. The SMILES string of the molecule is COc1ccccc1-c1c(C)c(=O)oc2c(-c3nc4ccccc4s3)cccc12. The van der Waals surface area contributed by atoms with Crippen LogP contribution in [0.3, 0.4) is 0 Å². The Morgan fingerprint density at radius 2 is 1.69 bits per heavy atom. The van der Waals surface area contributed by atoms with E-state index in [1.54, 1.807) is 25.4 Å². The zero-order chi connectivity index (χ0) is 20.0. The molecular weight excluding hydrogens is 382 g/mol. The van der Waals surface area contributed by atoms with Crippen LogP contribution in [0.5, 0.6) is 5.75 Å². The molecule has 0 amide bonds. The second-order valence-electron chi connectivity index (χ2n) is 6.76. The van der Waals surface area contributed by atoms with Crippen LogP contribution in [0.2, 0.25) is 0 Å². The van der Waals surface area contributed by atoms with Crippen molar-refractivity contribution < 1.29 is 9.15 Å². The van der Waals surface area contributed by atoms with Crippen molar-refractivity contribution in [3.63, 3.8) is 0 Å². The molecule has 0 unspecified atom stereocenters. The third-order valence-electron chi connectivity index (χ3n) is 5.06. The molecule has 2 aromatic heterocycles. The molecule has 0 saturated carbocycles. The molecule has 0 fully saturated rings. The van der Waals surface area contributed by atoms with Crippen LogP contribution in [0.15, 0.2) is 75.9 Å². The van der Waals surface area contributed by atoms with Crippen molar-refractivity contribution in [2.75, 3.05) is 7.11 Å². The average molecular weight is 399 g/mol. The van der Waals surface area contributed by atoms with E-state index in [1.165, 1.54) is 0 Å². The number of ether oxygens (including phenoxy) is 1. The second-order valence-corrected chi connectivity index (χ2v) is 7.79. The van der Waals surface area contributed by atoms with E-state index in [-0.39, 0.29) is 5.63 Å². The Morgan fingerprint density at radius 3 is 2.52 bits per heavy atom. The summed E-state index contributed by atoms with van der Waals surface area (Å²) in [5, 5.41) is 1.69. The molecule has 0 spiro atoms. The van der Waals surface area contributed by atoms with Crippen molar-refractivity contribution in [1.82, 2.24) is 4.98 Å². The summed E-state index contributed by atoms with van der Waals surface area (Å²) in [5.41, 5.74) is 4.20. The average Bonchev–Trinajstić information content (AvgIpc) is 3.18. The normalized spacial score (nSPS) is 11.2. The van der Waals surface area contributed by atoms with Gasteiger partial charge in [-0.1, -0.05) is 42.5 Å². The fourth-order valence-corrected chi connectivity index (χ4v) is 4.66. The fraction of sp³-hybridized carbons (Fsp3) is 0.0833. The van der Waals surface area contributed by atoms with Gasteiger partial charge in [-0.3, -0.25) is 0 Å². The topological polar surface area (TPSA) is 52.3 Å². The minimum Gasteiger partial charge on any atom is -0.496 e. The molecule has 2 heterocycles. The Kier molecular flexibility index (Phi) is 4.18. The lowest BCUT2D eigenvalue weighted by molar-refractivity contribution is 0.416. The number of aromatic nitrogens is 1. The van der Waals surface area contributed by atoms with Crippen molar-refractivity contribution in [3.8, 4) is 27.4 Å². The maximum Gasteiger partial charge on any atom is 0.339 e. The number of para-hydroxylation sites is 3. The molecule has 0 bridgehead atoms. The van der Waals surface area contributed by atoms with Gasteiger partial charge in [0.2, 0.25) is 0 Å². The highest BCUT2D eigenvalue weighted by molar-refractivity contribution is 7.21. The van der Waals surface area contributed by atoms with Crippen molar-refractivity contribution in [2.45, 2.75) is 6.92 Å². The van der Waals surface area contributed by atoms with Gasteiger partial charge in [-0.25, -0.2) is 9.78 Å². The number of rotatable bonds is 3. The summed E-state index contributed by atoms with van der Waals surface area (Å²) >= 11 is 1.59. The molecule has 0 aliphatic heterocycles. The standard InChI is InChI=1S/C24H17NO3S/c1-14-21(15-8-3-5-12-19(15)27-2)16-9-7-10-17(22(16)28-24(14)26)23-25-18-11-4-6-13-20(18)29-23/h3-13H,1-2H3. The number of benzene rings is 3. The zero-order valence-electron chi connectivity index (χ0n) is 15.9. The molecule has 0 atom stereocenters. The third kappa shape index (κ3) is 2.82. The van der Waals surface area contributed by atoms with Gasteiger partial charge in [0.25, 0.3) is 0 Å². The highest BCUT2D eigenvalue weighted by atomic mass is 32.1. The number of nitrogens with zero attached hydrogens (tertiary/aromatic N) is 1. The van der Waals surface area contributed by atoms with Crippen LogP contribution in [-0.2, 0) is 0 Å². The maximum absolute atomic E-state index is 12.8. The molecule has 0 saturated heterocycles. The van der Waals surface area contributed by atoms with Crippen LogP contribution in [0.4, 0.5) is 0 Å². The fourth-order valence-electron chi connectivity index (χ4n) is 3.67. The van der Waals surface area contributed by atoms with Crippen LogP contribution >= 0.6 is 11.3 Å². The summed E-state index contributed by atoms with van der Waals surface area (Å²) in [5.74, 6) is 0.716. The molecule has 3 aromatic carbocycles. The Bertz CT molecular complexity index is 1400. The van der Waals surface area contributed by atoms with Gasteiger partial charge in [0.15, 0.2) is 0 Å². The van der Waals surface area contributed by atoms with Gasteiger partial charge in [0.05, 0.1) is 22.9 Å². The quantitative estimate of drug-likeness (QED) is 0.346. The predicted octanol–water partition coefficient (Wildman–Crippen LogP) is 6.05. The number of thiazole rings is 1. The van der Waals surface area contributed by atoms with Crippen LogP contribution in [0.25, 0.3) is 42.9 Å². The Morgan fingerprint density at radius 1 is 0.931 bits per heavy atom. The van der Waals surface area contributed by atoms with E-state index >= 15 is 0 Å². The van der Waals surface area contributed by atoms with Crippen LogP contribution in [-0.4, -0.2) is 12.1 Å². The summed E-state index contributed by atoms with van der Waals surface area (Å²) in [4.78, 5) is 17.5. The van der Waals surface area contributed by atoms with Crippen LogP contribution in [0, 0.1) is 6.92 Å². The van der Waals surface area contributed by atoms with Crippen molar-refractivity contribution in [2.24, 2.45) is 0 Å². The highest BCUT2D eigenvalue weighted by Gasteiger charge is 2.19. The largest absolute Gasteiger partial charge is 0.496 e. The first-order valence-electron chi connectivity index (χ1n) is 9.23. The first kappa shape index (κ1) is 17.6. The van der Waals surface area contributed by atoms with Crippen molar-refractivity contribution in [3.05, 3.63) is 82.7 Å². The summed E-state index contributed by atoms with van der Waals surface area (Å²) in [7, 11) is 1.63. The molecule has 0 N–H and O–H groups in total. The van der Waals surface area contributed by atoms with E-state index in [4.69, 9.17) is 14.1 Å². The predicted molar refractivity (Wildman–Crippen MR) is 118 cm³/mol. The van der Waals surface area contributed by atoms with Gasteiger partial charge in [-0.05, 0) is 31.2 Å². The van der Waals surface area contributed by atoms with Crippen LogP contribution < -0.4 is 10.4 Å². The van der Waals surface area contributed by atoms with E-state index in [0.29, 0.717) is 16.9 Å². The first-order valence-corrected chi connectivity index (χ1v) is 10.0. The van der Waals surface area contributed by atoms with E-state index < -0.39 is 0 Å². The zero-order valence-corrected chi connectivity index (χ0v) is 16.7. The summed E-state index contributed by atoms with van der Waals surface area (Å²) in [6.07, 6.45) is 0. The van der Waals surface area contributed by atoms with Gasteiger partial charge in [-0.15, -0.1) is 11.3 Å². The molecule has 29 heavy (non-hydrogen) atoms. The first-order chi connectivity index (χ1) is 14.2. The van der Waals surface area contributed by atoms with Crippen molar-refractivity contribution >= 4 is 32.5 Å². The minimum atomic E-state index is -0.355. The van der Waals surface area contributed by atoms with E-state index in [9.17, 15) is 4.79 Å². The number of fused-ring (bicyclic) bond motifs is 2. The number of hydrogen-bond donors (Lipinski definition) is 0. The molecule has 0 radical (unpaired) electrons. The molecule has 5 heteroatoms. The number of methoxy groups -OCH3 is 1. The van der Waals surface area contributed by atoms with Gasteiger partial charge >= 0.3 is 5.63 Å². The van der Waals surface area contributed by atoms with Gasteiger partial charge < -0.3 is 9.15 Å².